The molecule has 0 amide bonds. The minimum Gasteiger partial charge on any atom is -0.290 e. The highest BCUT2D eigenvalue weighted by Crippen LogP contribution is 2.15. The summed E-state index contributed by atoms with van der Waals surface area (Å²) in [5.74, 6) is 0. The van der Waals surface area contributed by atoms with Gasteiger partial charge in [-0.05, 0) is 37.1 Å². The Morgan fingerprint density at radius 1 is 1.19 bits per heavy atom. The number of sulfonamides is 1. The Hall–Kier alpha value is -1.93. The monoisotopic (exact) mass is 304 g/mol. The fourth-order valence-electron chi connectivity index (χ4n) is 2.31. The van der Waals surface area contributed by atoms with Gasteiger partial charge in [0, 0.05) is 19.1 Å². The molecule has 1 fully saturated rings. The van der Waals surface area contributed by atoms with Gasteiger partial charge in [0.2, 0.25) is 10.0 Å². The van der Waals surface area contributed by atoms with Crippen molar-refractivity contribution in [1.82, 2.24) is 9.62 Å². The smallest absolute Gasteiger partial charge is 0.240 e. The molecule has 1 saturated heterocycles. The third kappa shape index (κ3) is 4.02. The summed E-state index contributed by atoms with van der Waals surface area (Å²) in [6, 6.07) is 9.80. The molecule has 0 aromatic heterocycles. The quantitative estimate of drug-likeness (QED) is 0.831. The number of piperidine rings is 1. The second kappa shape index (κ2) is 6.68. The van der Waals surface area contributed by atoms with Gasteiger partial charge in [0.1, 0.15) is 0 Å². The Bertz CT molecular complexity index is 662. The normalized spacial score (nSPS) is 17.0. The van der Waals surface area contributed by atoms with E-state index in [2.05, 4.69) is 10.8 Å². The first-order valence-corrected chi connectivity index (χ1v) is 8.15. The summed E-state index contributed by atoms with van der Waals surface area (Å²) in [6.45, 7) is 1.82. The molecule has 2 rings (SSSR count). The van der Waals surface area contributed by atoms with Gasteiger partial charge in [0.05, 0.1) is 29.1 Å². The Morgan fingerprint density at radius 2 is 1.81 bits per heavy atom. The van der Waals surface area contributed by atoms with Crippen LogP contribution >= 0.6 is 0 Å². The van der Waals surface area contributed by atoms with Gasteiger partial charge in [-0.3, -0.25) is 4.90 Å². The highest BCUT2D eigenvalue weighted by Gasteiger charge is 2.24. The maximum atomic E-state index is 12.2. The molecule has 1 aromatic carbocycles. The SMILES string of the molecule is N#CCN1CCC(NS(=O)(=O)c2ccc(C#N)cc2)CC1. The van der Waals surface area contributed by atoms with E-state index in [1.54, 1.807) is 0 Å². The Morgan fingerprint density at radius 3 is 2.33 bits per heavy atom. The molecule has 6 nitrogen and oxygen atoms in total. The van der Waals surface area contributed by atoms with Gasteiger partial charge in [-0.25, -0.2) is 13.1 Å². The predicted octanol–water partition coefficient (Wildman–Crippen LogP) is 0.825. The standard InChI is InChI=1S/C14H16N4O2S/c15-7-10-18-8-5-13(6-9-18)17-21(19,20)14-3-1-12(11-16)2-4-14/h1-4,13,17H,5-6,8-10H2. The molecular weight excluding hydrogens is 288 g/mol. The summed E-state index contributed by atoms with van der Waals surface area (Å²) >= 11 is 0. The van der Waals surface area contributed by atoms with Crippen LogP contribution < -0.4 is 4.72 Å². The van der Waals surface area contributed by atoms with Crippen LogP contribution in [0, 0.1) is 22.7 Å². The summed E-state index contributed by atoms with van der Waals surface area (Å²) in [6.07, 6.45) is 1.38. The van der Waals surface area contributed by atoms with E-state index in [0.717, 1.165) is 0 Å². The molecule has 1 aliphatic rings. The maximum Gasteiger partial charge on any atom is 0.240 e. The van der Waals surface area contributed by atoms with Crippen molar-refractivity contribution in [2.45, 2.75) is 23.8 Å². The van der Waals surface area contributed by atoms with E-state index in [-0.39, 0.29) is 10.9 Å². The fraction of sp³-hybridized carbons (Fsp3) is 0.429. The van der Waals surface area contributed by atoms with Crippen molar-refractivity contribution in [2.24, 2.45) is 0 Å². The highest BCUT2D eigenvalue weighted by atomic mass is 32.2. The zero-order chi connectivity index (χ0) is 15.3. The van der Waals surface area contributed by atoms with Gasteiger partial charge in [-0.15, -0.1) is 0 Å². The first kappa shape index (κ1) is 15.5. The fourth-order valence-corrected chi connectivity index (χ4v) is 3.61. The number of hydrogen-bond donors (Lipinski definition) is 1. The molecule has 0 aliphatic carbocycles. The van der Waals surface area contributed by atoms with Crippen molar-refractivity contribution >= 4 is 10.0 Å². The van der Waals surface area contributed by atoms with Gasteiger partial charge in [-0.1, -0.05) is 0 Å². The van der Waals surface area contributed by atoms with E-state index in [0.29, 0.717) is 38.0 Å². The van der Waals surface area contributed by atoms with Crippen molar-refractivity contribution in [3.05, 3.63) is 29.8 Å². The summed E-state index contributed by atoms with van der Waals surface area (Å²) < 4.78 is 27.2. The van der Waals surface area contributed by atoms with Crippen LogP contribution in [0.4, 0.5) is 0 Å². The molecular formula is C14H16N4O2S. The summed E-state index contributed by atoms with van der Waals surface area (Å²) in [7, 11) is -3.56. The first-order chi connectivity index (χ1) is 10.0. The minimum atomic E-state index is -3.56. The van der Waals surface area contributed by atoms with Crippen LogP contribution in [0.25, 0.3) is 0 Å². The lowest BCUT2D eigenvalue weighted by Gasteiger charge is -2.30. The number of likely N-dealkylation sites (tertiary alicyclic amines) is 1. The minimum absolute atomic E-state index is 0.111. The van der Waals surface area contributed by atoms with Gasteiger partial charge in [0.25, 0.3) is 0 Å². The lowest BCUT2D eigenvalue weighted by Crippen LogP contribution is -2.44. The van der Waals surface area contributed by atoms with Crippen molar-refractivity contribution in [3.8, 4) is 12.1 Å². The van der Waals surface area contributed by atoms with Crippen molar-refractivity contribution < 1.29 is 8.42 Å². The van der Waals surface area contributed by atoms with Crippen molar-refractivity contribution in [3.63, 3.8) is 0 Å². The molecule has 1 heterocycles. The van der Waals surface area contributed by atoms with E-state index >= 15 is 0 Å². The van der Waals surface area contributed by atoms with E-state index < -0.39 is 10.0 Å². The van der Waals surface area contributed by atoms with Crippen molar-refractivity contribution in [2.75, 3.05) is 19.6 Å². The van der Waals surface area contributed by atoms with Crippen LogP contribution in [0.5, 0.6) is 0 Å². The maximum absolute atomic E-state index is 12.2. The first-order valence-electron chi connectivity index (χ1n) is 6.67. The van der Waals surface area contributed by atoms with Gasteiger partial charge in [-0.2, -0.15) is 10.5 Å². The van der Waals surface area contributed by atoms with Crippen LogP contribution in [-0.4, -0.2) is 39.0 Å². The van der Waals surface area contributed by atoms with Crippen LogP contribution in [0.3, 0.4) is 0 Å². The molecule has 0 spiro atoms. The topological polar surface area (TPSA) is 97.0 Å². The molecule has 21 heavy (non-hydrogen) atoms. The third-order valence-electron chi connectivity index (χ3n) is 3.50. The summed E-state index contributed by atoms with van der Waals surface area (Å²) in [4.78, 5) is 2.17. The van der Waals surface area contributed by atoms with E-state index in [1.807, 2.05) is 11.0 Å². The predicted molar refractivity (Wildman–Crippen MR) is 76.6 cm³/mol. The number of nitrogens with one attached hydrogen (secondary N) is 1. The molecule has 7 heteroatoms. The number of nitrogens with zero attached hydrogens (tertiary/aromatic N) is 3. The Labute approximate surface area is 124 Å². The Balaban J connectivity index is 1.99. The molecule has 0 bridgehead atoms. The van der Waals surface area contributed by atoms with Gasteiger partial charge in [0.15, 0.2) is 0 Å². The number of hydrogen-bond acceptors (Lipinski definition) is 5. The number of benzene rings is 1. The van der Waals surface area contributed by atoms with E-state index in [9.17, 15) is 8.42 Å². The average molecular weight is 304 g/mol. The van der Waals surface area contributed by atoms with Crippen LogP contribution in [0.1, 0.15) is 18.4 Å². The molecule has 0 radical (unpaired) electrons. The average Bonchev–Trinajstić information content (AvgIpc) is 2.49. The molecule has 0 atom stereocenters. The molecule has 110 valence electrons. The van der Waals surface area contributed by atoms with Crippen LogP contribution in [0.15, 0.2) is 29.2 Å². The van der Waals surface area contributed by atoms with Crippen LogP contribution in [-0.2, 0) is 10.0 Å². The molecule has 1 aliphatic heterocycles. The summed E-state index contributed by atoms with van der Waals surface area (Å²) in [5.41, 5.74) is 0.429. The third-order valence-corrected chi connectivity index (χ3v) is 5.03. The lowest BCUT2D eigenvalue weighted by molar-refractivity contribution is 0.229. The molecule has 0 saturated carbocycles. The number of nitriles is 2. The second-order valence-electron chi connectivity index (χ2n) is 4.97. The van der Waals surface area contributed by atoms with Crippen molar-refractivity contribution in [1.29, 1.82) is 10.5 Å². The molecule has 0 unspecified atom stereocenters. The van der Waals surface area contributed by atoms with Gasteiger partial charge >= 0.3 is 0 Å². The number of rotatable bonds is 4. The zero-order valence-corrected chi connectivity index (χ0v) is 12.3. The molecule has 1 aromatic rings. The van der Waals surface area contributed by atoms with E-state index in [1.165, 1.54) is 24.3 Å². The zero-order valence-electron chi connectivity index (χ0n) is 11.5. The van der Waals surface area contributed by atoms with E-state index in [4.69, 9.17) is 10.5 Å². The largest absolute Gasteiger partial charge is 0.290 e. The highest BCUT2D eigenvalue weighted by molar-refractivity contribution is 7.89. The lowest BCUT2D eigenvalue weighted by atomic mass is 10.1. The Kier molecular flexibility index (Phi) is 4.92. The van der Waals surface area contributed by atoms with Gasteiger partial charge < -0.3 is 0 Å². The van der Waals surface area contributed by atoms with Crippen LogP contribution in [0.2, 0.25) is 0 Å². The second-order valence-corrected chi connectivity index (χ2v) is 6.68. The molecule has 1 N–H and O–H groups in total. The summed E-state index contributed by atoms with van der Waals surface area (Å²) in [5, 5.41) is 17.4.